The number of likely N-dealkylation sites (N-methyl/N-ethyl adjacent to an activating group) is 1. The molecule has 4 rings (SSSR count). The van der Waals surface area contributed by atoms with Gasteiger partial charge in [0.25, 0.3) is 0 Å². The minimum absolute atomic E-state index is 0.0453. The normalized spacial score (nSPS) is 18.5. The predicted molar refractivity (Wildman–Crippen MR) is 116 cm³/mol. The van der Waals surface area contributed by atoms with E-state index in [-0.39, 0.29) is 11.9 Å². The van der Waals surface area contributed by atoms with Crippen molar-refractivity contribution < 1.29 is 18.7 Å². The lowest BCUT2D eigenvalue weighted by Crippen LogP contribution is -2.35. The van der Waals surface area contributed by atoms with Crippen molar-refractivity contribution in [2.24, 2.45) is 5.10 Å². The van der Waals surface area contributed by atoms with Crippen LogP contribution in [-0.4, -0.2) is 60.9 Å². The number of nitrogens with zero attached hydrogens (tertiary/aromatic N) is 5. The number of pyridine rings is 1. The molecule has 0 saturated carbocycles. The average Bonchev–Trinajstić information content (AvgIpc) is 3.13. The summed E-state index contributed by atoms with van der Waals surface area (Å²) in [4.78, 5) is 31.1. The van der Waals surface area contributed by atoms with Crippen LogP contribution in [-0.2, 0) is 9.53 Å². The van der Waals surface area contributed by atoms with Gasteiger partial charge in [-0.3, -0.25) is 4.90 Å². The second-order valence-electron chi connectivity index (χ2n) is 7.76. The van der Waals surface area contributed by atoms with Gasteiger partial charge in [-0.1, -0.05) is 0 Å². The lowest BCUT2D eigenvalue weighted by atomic mass is 10.1. The van der Waals surface area contributed by atoms with Gasteiger partial charge >= 0.3 is 6.09 Å². The monoisotopic (exact) mass is 425 g/mol. The first-order valence-corrected chi connectivity index (χ1v) is 10.2. The number of hydrazone groups is 1. The van der Waals surface area contributed by atoms with Crippen LogP contribution in [0.4, 0.5) is 20.7 Å². The molecule has 0 spiro atoms. The third-order valence-corrected chi connectivity index (χ3v) is 5.33. The van der Waals surface area contributed by atoms with E-state index >= 15 is 0 Å². The molecule has 9 heteroatoms. The van der Waals surface area contributed by atoms with Crippen LogP contribution in [0.15, 0.2) is 41.6 Å². The molecular weight excluding hydrogens is 401 g/mol. The number of halogens is 1. The zero-order valence-corrected chi connectivity index (χ0v) is 17.5. The minimum atomic E-state index is -0.528. The number of benzene rings is 1. The summed E-state index contributed by atoms with van der Waals surface area (Å²) in [6.07, 6.45) is 3.27. The van der Waals surface area contributed by atoms with E-state index < -0.39 is 11.9 Å². The van der Waals surface area contributed by atoms with Gasteiger partial charge < -0.3 is 14.4 Å². The molecule has 1 amide bonds. The van der Waals surface area contributed by atoms with E-state index in [9.17, 15) is 14.0 Å². The van der Waals surface area contributed by atoms with Gasteiger partial charge in [0.2, 0.25) is 0 Å². The Morgan fingerprint density at radius 1 is 1.26 bits per heavy atom. The Kier molecular flexibility index (Phi) is 5.83. The Bertz CT molecular complexity index is 1010. The number of anilines is 2. The van der Waals surface area contributed by atoms with Gasteiger partial charge in [-0.15, -0.1) is 0 Å². The highest BCUT2D eigenvalue weighted by Gasteiger charge is 2.32. The molecule has 1 atom stereocenters. The second kappa shape index (κ2) is 8.71. The lowest BCUT2D eigenvalue weighted by Gasteiger charge is -2.26. The number of aromatic nitrogens is 1. The number of carbonyl (C=O) groups excluding carboxylic acids is 2. The molecule has 8 nitrogen and oxygen atoms in total. The molecule has 0 aliphatic carbocycles. The van der Waals surface area contributed by atoms with Crippen molar-refractivity contribution in [3.63, 3.8) is 0 Å². The highest BCUT2D eigenvalue weighted by Crippen LogP contribution is 2.30. The third kappa shape index (κ3) is 4.65. The minimum Gasteiger partial charge on any atom is -0.444 e. The number of Topliss-reactive ketones (excluding diaryl/α,β-unsaturated/α-hetero) is 1. The van der Waals surface area contributed by atoms with Gasteiger partial charge in [0.1, 0.15) is 29.9 Å². The van der Waals surface area contributed by atoms with Crippen molar-refractivity contribution in [1.29, 1.82) is 0 Å². The molecule has 3 heterocycles. The maximum Gasteiger partial charge on any atom is 0.414 e. The first-order valence-electron chi connectivity index (χ1n) is 10.2. The molecule has 1 aromatic heterocycles. The summed E-state index contributed by atoms with van der Waals surface area (Å²) >= 11 is 0. The Morgan fingerprint density at radius 2 is 2.10 bits per heavy atom. The number of hydrogen-bond donors (Lipinski definition) is 0. The highest BCUT2D eigenvalue weighted by molar-refractivity contribution is 5.90. The van der Waals surface area contributed by atoms with E-state index in [1.54, 1.807) is 35.7 Å². The van der Waals surface area contributed by atoms with E-state index in [1.165, 1.54) is 17.9 Å². The molecule has 0 N–H and O–H groups in total. The van der Waals surface area contributed by atoms with Crippen molar-refractivity contribution in [2.75, 3.05) is 36.6 Å². The van der Waals surface area contributed by atoms with Crippen molar-refractivity contribution >= 4 is 29.7 Å². The summed E-state index contributed by atoms with van der Waals surface area (Å²) in [5, 5.41) is 6.12. The SMILES string of the molecule is CC(=O)CC[C@H]1CN(c2ccc(-c3ccc(N4CCN(C)C=N4)nc3)c(F)c2)C(=O)O1. The van der Waals surface area contributed by atoms with Crippen LogP contribution in [0.25, 0.3) is 11.1 Å². The molecular formula is C22H24FN5O3. The molecule has 1 saturated heterocycles. The summed E-state index contributed by atoms with van der Waals surface area (Å²) in [7, 11) is 1.96. The van der Waals surface area contributed by atoms with Gasteiger partial charge in [-0.25, -0.2) is 19.2 Å². The molecule has 31 heavy (non-hydrogen) atoms. The Morgan fingerprint density at radius 3 is 2.74 bits per heavy atom. The Labute approximate surface area is 179 Å². The van der Waals surface area contributed by atoms with E-state index in [0.29, 0.717) is 42.0 Å². The molecule has 2 aliphatic heterocycles. The third-order valence-electron chi connectivity index (χ3n) is 5.33. The summed E-state index contributed by atoms with van der Waals surface area (Å²) < 4.78 is 20.2. The second-order valence-corrected chi connectivity index (χ2v) is 7.76. The molecule has 1 aromatic carbocycles. The number of hydrogen-bond acceptors (Lipinski definition) is 7. The molecule has 1 fully saturated rings. The Balaban J connectivity index is 1.47. The maximum atomic E-state index is 14.9. The largest absolute Gasteiger partial charge is 0.444 e. The fourth-order valence-corrected chi connectivity index (χ4v) is 3.54. The van der Waals surface area contributed by atoms with Crippen molar-refractivity contribution in [2.45, 2.75) is 25.9 Å². The fourth-order valence-electron chi connectivity index (χ4n) is 3.54. The van der Waals surface area contributed by atoms with E-state index in [4.69, 9.17) is 4.74 Å². The van der Waals surface area contributed by atoms with Crippen LogP contribution in [0.5, 0.6) is 0 Å². The van der Waals surface area contributed by atoms with Crippen LogP contribution in [0, 0.1) is 5.82 Å². The van der Waals surface area contributed by atoms with Crippen molar-refractivity contribution in [3.05, 3.63) is 42.3 Å². The van der Waals surface area contributed by atoms with Crippen molar-refractivity contribution in [3.8, 4) is 11.1 Å². The zero-order chi connectivity index (χ0) is 22.0. The molecule has 0 unspecified atom stereocenters. The van der Waals surface area contributed by atoms with Crippen LogP contribution >= 0.6 is 0 Å². The van der Waals surface area contributed by atoms with Gasteiger partial charge in [0.15, 0.2) is 0 Å². The number of ketones is 1. The van der Waals surface area contributed by atoms with Gasteiger partial charge in [-0.05, 0) is 43.7 Å². The van der Waals surface area contributed by atoms with E-state index in [1.807, 2.05) is 18.0 Å². The van der Waals surface area contributed by atoms with Crippen LogP contribution in [0.2, 0.25) is 0 Å². The lowest BCUT2D eigenvalue weighted by molar-refractivity contribution is -0.117. The summed E-state index contributed by atoms with van der Waals surface area (Å²) in [5.41, 5.74) is 1.45. The fraction of sp³-hybridized carbons (Fsp3) is 0.364. The molecule has 0 radical (unpaired) electrons. The predicted octanol–water partition coefficient (Wildman–Crippen LogP) is 3.28. The number of ether oxygens (including phenoxy) is 1. The van der Waals surface area contributed by atoms with Crippen molar-refractivity contribution in [1.82, 2.24) is 9.88 Å². The molecule has 2 aromatic rings. The first-order chi connectivity index (χ1) is 14.9. The van der Waals surface area contributed by atoms with Crippen LogP contribution in [0.1, 0.15) is 19.8 Å². The van der Waals surface area contributed by atoms with Gasteiger partial charge in [0.05, 0.1) is 18.8 Å². The first kappa shape index (κ1) is 20.8. The summed E-state index contributed by atoms with van der Waals surface area (Å²) in [6.45, 7) is 3.37. The maximum absolute atomic E-state index is 14.9. The molecule has 0 bridgehead atoms. The number of cyclic esters (lactones) is 1. The summed E-state index contributed by atoms with van der Waals surface area (Å²) in [5.74, 6) is 0.287. The topological polar surface area (TPSA) is 78.3 Å². The number of carbonyl (C=O) groups is 2. The summed E-state index contributed by atoms with van der Waals surface area (Å²) in [6, 6.07) is 8.25. The van der Waals surface area contributed by atoms with E-state index in [0.717, 1.165) is 13.1 Å². The van der Waals surface area contributed by atoms with Crippen LogP contribution in [0.3, 0.4) is 0 Å². The Hall–Kier alpha value is -3.49. The van der Waals surface area contributed by atoms with Crippen LogP contribution < -0.4 is 9.91 Å². The number of amides is 1. The van der Waals surface area contributed by atoms with Gasteiger partial charge in [-0.2, -0.15) is 5.10 Å². The van der Waals surface area contributed by atoms with Gasteiger partial charge in [0, 0.05) is 37.3 Å². The molecule has 2 aliphatic rings. The highest BCUT2D eigenvalue weighted by atomic mass is 19.1. The standard InChI is InChI=1S/C22H24FN5O3/c1-15(29)3-6-18-13-27(22(30)31-18)17-5-7-19(20(23)11-17)16-4-8-21(24-12-16)28-10-9-26(2)14-25-28/h4-5,7-8,11-12,14,18H,3,6,9-10,13H2,1-2H3/t18-/m0/s1. The average molecular weight is 425 g/mol. The molecule has 162 valence electrons. The quantitative estimate of drug-likeness (QED) is 0.707. The zero-order valence-electron chi connectivity index (χ0n) is 17.5. The van der Waals surface area contributed by atoms with E-state index in [2.05, 4.69) is 10.1 Å². The number of rotatable bonds is 6. The smallest absolute Gasteiger partial charge is 0.414 e.